The molecule has 0 fully saturated rings. The van der Waals surface area contributed by atoms with Crippen LogP contribution >= 0.6 is 15.9 Å². The molecular formula is C18H23BrN2O2. The number of likely N-dealkylation sites (N-methyl/N-ethyl adjacent to an activating group) is 1. The predicted molar refractivity (Wildman–Crippen MR) is 96.1 cm³/mol. The van der Waals surface area contributed by atoms with Crippen molar-refractivity contribution >= 4 is 21.8 Å². The zero-order chi connectivity index (χ0) is 16.8. The summed E-state index contributed by atoms with van der Waals surface area (Å²) >= 11 is 3.43. The van der Waals surface area contributed by atoms with Crippen LogP contribution in [0.4, 0.5) is 0 Å². The van der Waals surface area contributed by atoms with E-state index < -0.39 is 0 Å². The Morgan fingerprint density at radius 3 is 2.61 bits per heavy atom. The van der Waals surface area contributed by atoms with Gasteiger partial charge in [0.05, 0.1) is 13.1 Å². The van der Waals surface area contributed by atoms with E-state index in [1.807, 2.05) is 55.3 Å². The molecule has 1 aromatic carbocycles. The highest BCUT2D eigenvalue weighted by atomic mass is 79.9. The molecule has 2 rings (SSSR count). The van der Waals surface area contributed by atoms with Crippen LogP contribution in [-0.4, -0.2) is 30.4 Å². The van der Waals surface area contributed by atoms with Crippen molar-refractivity contribution < 1.29 is 9.21 Å². The monoisotopic (exact) mass is 378 g/mol. The Morgan fingerprint density at radius 1 is 1.26 bits per heavy atom. The van der Waals surface area contributed by atoms with Crippen molar-refractivity contribution in [1.82, 2.24) is 10.2 Å². The van der Waals surface area contributed by atoms with Gasteiger partial charge in [0, 0.05) is 16.1 Å². The van der Waals surface area contributed by atoms with Crippen molar-refractivity contribution in [2.75, 3.05) is 13.6 Å². The SMILES string of the molecule is CC[C@H](C)NC(=O)CN(C)Cc1ccc(-c2ccc(Br)cc2)o1. The molecule has 4 nitrogen and oxygen atoms in total. The molecule has 0 aliphatic carbocycles. The summed E-state index contributed by atoms with van der Waals surface area (Å²) in [5, 5.41) is 2.97. The summed E-state index contributed by atoms with van der Waals surface area (Å²) in [7, 11) is 1.91. The minimum Gasteiger partial charge on any atom is -0.460 e. The summed E-state index contributed by atoms with van der Waals surface area (Å²) in [4.78, 5) is 13.8. The highest BCUT2D eigenvalue weighted by Crippen LogP contribution is 2.24. The van der Waals surface area contributed by atoms with Crippen molar-refractivity contribution in [3.05, 3.63) is 46.6 Å². The van der Waals surface area contributed by atoms with Crippen LogP contribution in [0.2, 0.25) is 0 Å². The van der Waals surface area contributed by atoms with E-state index in [1.54, 1.807) is 0 Å². The molecule has 2 aromatic rings. The lowest BCUT2D eigenvalue weighted by atomic mass is 10.2. The third-order valence-electron chi connectivity index (χ3n) is 3.65. The quantitative estimate of drug-likeness (QED) is 0.789. The molecule has 5 heteroatoms. The number of halogens is 1. The Balaban J connectivity index is 1.91. The molecule has 0 aliphatic rings. The highest BCUT2D eigenvalue weighted by molar-refractivity contribution is 9.10. The fourth-order valence-electron chi connectivity index (χ4n) is 2.22. The van der Waals surface area contributed by atoms with Crippen LogP contribution in [0.15, 0.2) is 45.3 Å². The Morgan fingerprint density at radius 2 is 1.96 bits per heavy atom. The molecule has 1 heterocycles. The summed E-state index contributed by atoms with van der Waals surface area (Å²) in [6, 6.07) is 12.1. The van der Waals surface area contributed by atoms with Gasteiger partial charge in [-0.25, -0.2) is 0 Å². The summed E-state index contributed by atoms with van der Waals surface area (Å²) in [6.45, 7) is 5.03. The number of amides is 1. The Labute approximate surface area is 146 Å². The van der Waals surface area contributed by atoms with E-state index in [0.29, 0.717) is 13.1 Å². The zero-order valence-corrected chi connectivity index (χ0v) is 15.4. The van der Waals surface area contributed by atoms with E-state index in [1.165, 1.54) is 0 Å². The van der Waals surface area contributed by atoms with Gasteiger partial charge < -0.3 is 9.73 Å². The number of carbonyl (C=O) groups is 1. The molecule has 1 N–H and O–H groups in total. The van der Waals surface area contributed by atoms with Gasteiger partial charge in [-0.15, -0.1) is 0 Å². The normalized spacial score (nSPS) is 12.4. The Kier molecular flexibility index (Phi) is 6.42. The number of nitrogens with zero attached hydrogens (tertiary/aromatic N) is 1. The maximum Gasteiger partial charge on any atom is 0.234 e. The van der Waals surface area contributed by atoms with Crippen molar-refractivity contribution in [1.29, 1.82) is 0 Å². The smallest absolute Gasteiger partial charge is 0.234 e. The molecule has 23 heavy (non-hydrogen) atoms. The zero-order valence-electron chi connectivity index (χ0n) is 13.8. The lowest BCUT2D eigenvalue weighted by molar-refractivity contribution is -0.122. The van der Waals surface area contributed by atoms with Crippen LogP contribution in [0.5, 0.6) is 0 Å². The third-order valence-corrected chi connectivity index (χ3v) is 4.18. The van der Waals surface area contributed by atoms with Gasteiger partial charge in [-0.2, -0.15) is 0 Å². The van der Waals surface area contributed by atoms with Gasteiger partial charge in [0.1, 0.15) is 11.5 Å². The van der Waals surface area contributed by atoms with E-state index in [9.17, 15) is 4.79 Å². The largest absolute Gasteiger partial charge is 0.460 e. The molecule has 0 saturated heterocycles. The van der Waals surface area contributed by atoms with Crippen molar-refractivity contribution in [3.8, 4) is 11.3 Å². The predicted octanol–water partition coefficient (Wildman–Crippen LogP) is 4.06. The van der Waals surface area contributed by atoms with Crippen molar-refractivity contribution in [2.45, 2.75) is 32.9 Å². The lowest BCUT2D eigenvalue weighted by Crippen LogP contribution is -2.39. The molecule has 0 unspecified atom stereocenters. The highest BCUT2D eigenvalue weighted by Gasteiger charge is 2.11. The van der Waals surface area contributed by atoms with Gasteiger partial charge >= 0.3 is 0 Å². The van der Waals surface area contributed by atoms with Crippen LogP contribution in [0.25, 0.3) is 11.3 Å². The van der Waals surface area contributed by atoms with E-state index in [4.69, 9.17) is 4.42 Å². The van der Waals surface area contributed by atoms with E-state index in [0.717, 1.165) is 28.0 Å². The molecule has 0 bridgehead atoms. The average Bonchev–Trinajstić information content (AvgIpc) is 2.95. The Hall–Kier alpha value is -1.59. The lowest BCUT2D eigenvalue weighted by Gasteiger charge is -2.17. The number of benzene rings is 1. The molecule has 0 aliphatic heterocycles. The van der Waals surface area contributed by atoms with Crippen molar-refractivity contribution in [2.24, 2.45) is 0 Å². The van der Waals surface area contributed by atoms with Crippen LogP contribution in [-0.2, 0) is 11.3 Å². The maximum absolute atomic E-state index is 11.9. The molecule has 1 atom stereocenters. The molecule has 0 radical (unpaired) electrons. The van der Waals surface area contributed by atoms with Gasteiger partial charge in [0.2, 0.25) is 5.91 Å². The number of furan rings is 1. The fourth-order valence-corrected chi connectivity index (χ4v) is 2.49. The topological polar surface area (TPSA) is 45.5 Å². The minimum absolute atomic E-state index is 0.0431. The molecular weight excluding hydrogens is 356 g/mol. The first-order chi connectivity index (χ1) is 11.0. The number of hydrogen-bond donors (Lipinski definition) is 1. The van der Waals surface area contributed by atoms with Gasteiger partial charge in [0.15, 0.2) is 0 Å². The van der Waals surface area contributed by atoms with E-state index in [2.05, 4.69) is 28.2 Å². The van der Waals surface area contributed by atoms with E-state index in [-0.39, 0.29) is 11.9 Å². The van der Waals surface area contributed by atoms with Gasteiger partial charge in [-0.1, -0.05) is 35.0 Å². The van der Waals surface area contributed by atoms with Crippen LogP contribution in [0.1, 0.15) is 26.0 Å². The second-order valence-electron chi connectivity index (χ2n) is 5.82. The number of carbonyl (C=O) groups excluding carboxylic acids is 1. The second-order valence-corrected chi connectivity index (χ2v) is 6.74. The molecule has 0 spiro atoms. The molecule has 1 aromatic heterocycles. The first-order valence-corrected chi connectivity index (χ1v) is 8.59. The molecule has 0 saturated carbocycles. The number of rotatable bonds is 7. The second kappa shape index (κ2) is 8.31. The summed E-state index contributed by atoms with van der Waals surface area (Å²) in [5.74, 6) is 1.73. The van der Waals surface area contributed by atoms with Crippen molar-refractivity contribution in [3.63, 3.8) is 0 Å². The van der Waals surface area contributed by atoms with Gasteiger partial charge in [-0.05, 0) is 44.7 Å². The van der Waals surface area contributed by atoms with Crippen LogP contribution in [0.3, 0.4) is 0 Å². The van der Waals surface area contributed by atoms with Crippen LogP contribution in [0, 0.1) is 0 Å². The number of nitrogens with one attached hydrogen (secondary N) is 1. The summed E-state index contributed by atoms with van der Waals surface area (Å²) in [5.41, 5.74) is 1.04. The molecule has 1 amide bonds. The average molecular weight is 379 g/mol. The third kappa shape index (κ3) is 5.52. The van der Waals surface area contributed by atoms with E-state index >= 15 is 0 Å². The number of hydrogen-bond acceptors (Lipinski definition) is 3. The van der Waals surface area contributed by atoms with Gasteiger partial charge in [0.25, 0.3) is 0 Å². The summed E-state index contributed by atoms with van der Waals surface area (Å²) in [6.07, 6.45) is 0.935. The first-order valence-electron chi connectivity index (χ1n) is 7.80. The van der Waals surface area contributed by atoms with Crippen LogP contribution < -0.4 is 5.32 Å². The standard InChI is InChI=1S/C18H23BrN2O2/c1-4-13(2)20-18(22)12-21(3)11-16-9-10-17(23-16)14-5-7-15(19)8-6-14/h5-10,13H,4,11-12H2,1-3H3,(H,20,22)/t13-/m0/s1. The minimum atomic E-state index is 0.0431. The fraction of sp³-hybridized carbons (Fsp3) is 0.389. The maximum atomic E-state index is 11.9. The summed E-state index contributed by atoms with van der Waals surface area (Å²) < 4.78 is 6.92. The Bertz CT molecular complexity index is 637. The molecule has 124 valence electrons. The first kappa shape index (κ1) is 17.8. The van der Waals surface area contributed by atoms with Gasteiger partial charge in [-0.3, -0.25) is 9.69 Å².